The Kier molecular flexibility index (Phi) is 5.19. The van der Waals surface area contributed by atoms with E-state index in [9.17, 15) is 0 Å². The number of ether oxygens (including phenoxy) is 2. The maximum absolute atomic E-state index is 5.70. The molecule has 0 bridgehead atoms. The van der Waals surface area contributed by atoms with E-state index >= 15 is 0 Å². The third-order valence-electron chi connectivity index (χ3n) is 3.58. The molecule has 114 valence electrons. The number of aromatic nitrogens is 2. The van der Waals surface area contributed by atoms with Gasteiger partial charge in [-0.3, -0.25) is 16.0 Å². The average Bonchev–Trinajstić information content (AvgIpc) is 2.90. The van der Waals surface area contributed by atoms with Crippen LogP contribution in [0.1, 0.15) is 23.7 Å². The first-order chi connectivity index (χ1) is 10.2. The van der Waals surface area contributed by atoms with Crippen molar-refractivity contribution in [1.29, 1.82) is 0 Å². The van der Waals surface area contributed by atoms with Crippen molar-refractivity contribution in [2.24, 2.45) is 12.9 Å². The van der Waals surface area contributed by atoms with Crippen LogP contribution in [-0.4, -0.2) is 24.0 Å². The minimum Gasteiger partial charge on any atom is -0.497 e. The van der Waals surface area contributed by atoms with Crippen LogP contribution in [-0.2, 0) is 13.5 Å². The van der Waals surface area contributed by atoms with Gasteiger partial charge in [0.05, 0.1) is 32.2 Å². The zero-order chi connectivity index (χ0) is 15.2. The number of hydrogen-bond donors (Lipinski definition) is 2. The summed E-state index contributed by atoms with van der Waals surface area (Å²) in [5.41, 5.74) is 5.03. The third-order valence-corrected chi connectivity index (χ3v) is 3.58. The monoisotopic (exact) mass is 290 g/mol. The Hall–Kier alpha value is -2.05. The SMILES string of the molecule is COc1ccc(CCC(NN)c2c(OC)cnn2C)cc1. The molecule has 1 aromatic heterocycles. The van der Waals surface area contributed by atoms with Gasteiger partial charge in [-0.05, 0) is 30.5 Å². The molecular formula is C15H22N4O2. The van der Waals surface area contributed by atoms with Crippen molar-refractivity contribution in [3.8, 4) is 11.5 Å². The van der Waals surface area contributed by atoms with Gasteiger partial charge in [0.15, 0.2) is 5.75 Å². The second kappa shape index (κ2) is 7.10. The lowest BCUT2D eigenvalue weighted by atomic mass is 10.0. The Morgan fingerprint density at radius 3 is 2.52 bits per heavy atom. The number of methoxy groups -OCH3 is 2. The lowest BCUT2D eigenvalue weighted by Crippen LogP contribution is -2.30. The molecule has 2 aromatic rings. The summed E-state index contributed by atoms with van der Waals surface area (Å²) < 4.78 is 12.3. The normalized spacial score (nSPS) is 12.2. The van der Waals surface area contributed by atoms with Crippen molar-refractivity contribution in [2.45, 2.75) is 18.9 Å². The highest BCUT2D eigenvalue weighted by atomic mass is 16.5. The smallest absolute Gasteiger partial charge is 0.161 e. The van der Waals surface area contributed by atoms with E-state index in [1.54, 1.807) is 25.1 Å². The van der Waals surface area contributed by atoms with E-state index in [-0.39, 0.29) is 6.04 Å². The molecule has 6 nitrogen and oxygen atoms in total. The third kappa shape index (κ3) is 3.53. The van der Waals surface area contributed by atoms with Crippen LogP contribution in [0.25, 0.3) is 0 Å². The van der Waals surface area contributed by atoms with Crippen LogP contribution in [0, 0.1) is 0 Å². The van der Waals surface area contributed by atoms with Gasteiger partial charge in [0, 0.05) is 7.05 Å². The van der Waals surface area contributed by atoms with Crippen molar-refractivity contribution >= 4 is 0 Å². The fourth-order valence-corrected chi connectivity index (χ4v) is 2.38. The van der Waals surface area contributed by atoms with Crippen LogP contribution < -0.4 is 20.7 Å². The maximum Gasteiger partial charge on any atom is 0.161 e. The fraction of sp³-hybridized carbons (Fsp3) is 0.400. The van der Waals surface area contributed by atoms with Gasteiger partial charge < -0.3 is 9.47 Å². The molecule has 0 aliphatic carbocycles. The minimum absolute atomic E-state index is 0.0189. The van der Waals surface area contributed by atoms with Gasteiger partial charge in [-0.25, -0.2) is 0 Å². The second-order valence-electron chi connectivity index (χ2n) is 4.83. The van der Waals surface area contributed by atoms with Gasteiger partial charge >= 0.3 is 0 Å². The highest BCUT2D eigenvalue weighted by Gasteiger charge is 2.19. The number of hydrogen-bond acceptors (Lipinski definition) is 5. The number of rotatable bonds is 7. The highest BCUT2D eigenvalue weighted by molar-refractivity contribution is 5.30. The summed E-state index contributed by atoms with van der Waals surface area (Å²) in [5.74, 6) is 7.31. The quantitative estimate of drug-likeness (QED) is 0.598. The summed E-state index contributed by atoms with van der Waals surface area (Å²) in [6, 6.07) is 8.03. The molecule has 1 aromatic carbocycles. The molecule has 3 N–H and O–H groups in total. The lowest BCUT2D eigenvalue weighted by molar-refractivity contribution is 0.389. The van der Waals surface area contributed by atoms with E-state index in [1.807, 2.05) is 19.2 Å². The lowest BCUT2D eigenvalue weighted by Gasteiger charge is -2.17. The summed E-state index contributed by atoms with van der Waals surface area (Å²) >= 11 is 0. The fourth-order valence-electron chi connectivity index (χ4n) is 2.38. The molecule has 0 aliphatic rings. The predicted molar refractivity (Wildman–Crippen MR) is 81.1 cm³/mol. The summed E-state index contributed by atoms with van der Waals surface area (Å²) in [6.45, 7) is 0. The molecule has 0 saturated carbocycles. The van der Waals surface area contributed by atoms with Crippen LogP contribution in [0.15, 0.2) is 30.5 Å². The Labute approximate surface area is 124 Å². The van der Waals surface area contributed by atoms with E-state index in [0.717, 1.165) is 30.0 Å². The van der Waals surface area contributed by atoms with Crippen molar-refractivity contribution in [3.05, 3.63) is 41.7 Å². The van der Waals surface area contributed by atoms with Crippen LogP contribution in [0.3, 0.4) is 0 Å². The molecule has 1 heterocycles. The molecule has 21 heavy (non-hydrogen) atoms. The average molecular weight is 290 g/mol. The van der Waals surface area contributed by atoms with E-state index in [4.69, 9.17) is 15.3 Å². The van der Waals surface area contributed by atoms with Gasteiger partial charge in [-0.1, -0.05) is 12.1 Å². The van der Waals surface area contributed by atoms with Crippen LogP contribution >= 0.6 is 0 Å². The van der Waals surface area contributed by atoms with Crippen LogP contribution in [0.2, 0.25) is 0 Å². The number of aryl methyl sites for hydroxylation is 2. The second-order valence-corrected chi connectivity index (χ2v) is 4.83. The molecule has 0 amide bonds. The first-order valence-electron chi connectivity index (χ1n) is 6.84. The Bertz CT molecular complexity index is 566. The summed E-state index contributed by atoms with van der Waals surface area (Å²) in [5, 5.41) is 4.21. The zero-order valence-electron chi connectivity index (χ0n) is 12.7. The van der Waals surface area contributed by atoms with Crippen LogP contribution in [0.4, 0.5) is 0 Å². The summed E-state index contributed by atoms with van der Waals surface area (Å²) in [6.07, 6.45) is 3.44. The maximum atomic E-state index is 5.70. The number of nitrogens with zero attached hydrogens (tertiary/aromatic N) is 2. The number of nitrogens with two attached hydrogens (primary N) is 1. The first kappa shape index (κ1) is 15.3. The Morgan fingerprint density at radius 2 is 1.95 bits per heavy atom. The molecular weight excluding hydrogens is 268 g/mol. The number of hydrazine groups is 1. The molecule has 0 radical (unpaired) electrons. The summed E-state index contributed by atoms with van der Waals surface area (Å²) in [7, 11) is 5.19. The molecule has 6 heteroatoms. The first-order valence-corrected chi connectivity index (χ1v) is 6.84. The number of benzene rings is 1. The van der Waals surface area contributed by atoms with Gasteiger partial charge in [0.25, 0.3) is 0 Å². The number of nitrogens with one attached hydrogen (secondary N) is 1. The molecule has 1 unspecified atom stereocenters. The van der Waals surface area contributed by atoms with Gasteiger partial charge in [-0.2, -0.15) is 5.10 Å². The van der Waals surface area contributed by atoms with Gasteiger partial charge in [0.1, 0.15) is 5.75 Å². The van der Waals surface area contributed by atoms with Crippen molar-refractivity contribution in [3.63, 3.8) is 0 Å². The zero-order valence-corrected chi connectivity index (χ0v) is 12.7. The largest absolute Gasteiger partial charge is 0.497 e. The van der Waals surface area contributed by atoms with Gasteiger partial charge in [-0.15, -0.1) is 0 Å². The van der Waals surface area contributed by atoms with E-state index in [0.29, 0.717) is 0 Å². The van der Waals surface area contributed by atoms with Crippen molar-refractivity contribution < 1.29 is 9.47 Å². The van der Waals surface area contributed by atoms with E-state index < -0.39 is 0 Å². The molecule has 1 atom stereocenters. The van der Waals surface area contributed by atoms with Crippen molar-refractivity contribution in [1.82, 2.24) is 15.2 Å². The van der Waals surface area contributed by atoms with Crippen molar-refractivity contribution in [2.75, 3.05) is 14.2 Å². The topological polar surface area (TPSA) is 74.3 Å². The highest BCUT2D eigenvalue weighted by Crippen LogP contribution is 2.27. The molecule has 2 rings (SSSR count). The summed E-state index contributed by atoms with van der Waals surface area (Å²) in [4.78, 5) is 0. The standard InChI is InChI=1S/C15H22N4O2/c1-19-15(14(21-3)10-17-19)13(18-16)9-6-11-4-7-12(20-2)8-5-11/h4-5,7-8,10,13,18H,6,9,16H2,1-3H3. The van der Waals surface area contributed by atoms with Gasteiger partial charge in [0.2, 0.25) is 0 Å². The predicted octanol–water partition coefficient (Wildman–Crippen LogP) is 1.57. The molecule has 0 saturated heterocycles. The molecule has 0 aliphatic heterocycles. The Balaban J connectivity index is 2.06. The minimum atomic E-state index is -0.0189. The molecule has 0 spiro atoms. The van der Waals surface area contributed by atoms with E-state index in [1.165, 1.54) is 5.56 Å². The molecule has 0 fully saturated rings. The van der Waals surface area contributed by atoms with E-state index in [2.05, 4.69) is 22.7 Å². The van der Waals surface area contributed by atoms with Crippen LogP contribution in [0.5, 0.6) is 11.5 Å². The Morgan fingerprint density at radius 1 is 1.24 bits per heavy atom.